The van der Waals surface area contributed by atoms with Crippen molar-refractivity contribution >= 4 is 21.8 Å². The van der Waals surface area contributed by atoms with E-state index in [1.54, 1.807) is 43.3 Å². The summed E-state index contributed by atoms with van der Waals surface area (Å²) in [5, 5.41) is 7.44. The van der Waals surface area contributed by atoms with Crippen LogP contribution in [0, 0.1) is 18.9 Å². The van der Waals surface area contributed by atoms with E-state index in [9.17, 15) is 35.7 Å². The Bertz CT molecular complexity index is 2380. The SMILES string of the molecule is O=S(=O)([O-])c1ccccc1.[C-]#[N+]c1ccc(-n2nccc2-c2c(C)n(-c3cccc(C(F)(F)F)c3)c(=O)n2C(=O)NC2CC3(CC[N+](C)(C)CC3)C2)cc1. The van der Waals surface area contributed by atoms with E-state index in [-0.39, 0.29) is 33.4 Å². The molecular weight excluding hydrogens is 724 g/mol. The third kappa shape index (κ3) is 7.88. The molecule has 2 aromatic heterocycles. The summed E-state index contributed by atoms with van der Waals surface area (Å²) >= 11 is 0. The number of piperidine rings is 1. The van der Waals surface area contributed by atoms with Crippen LogP contribution >= 0.6 is 0 Å². The number of nitrogens with one attached hydrogen (secondary N) is 1. The van der Waals surface area contributed by atoms with Crippen LogP contribution in [0.25, 0.3) is 27.6 Å². The third-order valence-corrected chi connectivity index (χ3v) is 11.1. The number of halogens is 3. The predicted octanol–water partition coefficient (Wildman–Crippen LogP) is 6.54. The van der Waals surface area contributed by atoms with Crippen LogP contribution in [0.5, 0.6) is 0 Å². The molecule has 0 bridgehead atoms. The summed E-state index contributed by atoms with van der Waals surface area (Å²) in [6, 6.07) is 19.2. The quantitative estimate of drug-likeness (QED) is 0.123. The van der Waals surface area contributed by atoms with Crippen molar-refractivity contribution in [2.75, 3.05) is 27.2 Å². The summed E-state index contributed by atoms with van der Waals surface area (Å²) in [7, 11) is 0.192. The van der Waals surface area contributed by atoms with E-state index < -0.39 is 33.6 Å². The van der Waals surface area contributed by atoms with E-state index in [1.165, 1.54) is 47.3 Å². The van der Waals surface area contributed by atoms with Crippen molar-refractivity contribution < 1.29 is 35.4 Å². The molecule has 1 saturated carbocycles. The Kier molecular flexibility index (Phi) is 10.2. The van der Waals surface area contributed by atoms with Crippen LogP contribution < -0.4 is 11.0 Å². The van der Waals surface area contributed by atoms with Crippen molar-refractivity contribution in [1.82, 2.24) is 24.2 Å². The van der Waals surface area contributed by atoms with Gasteiger partial charge in [0, 0.05) is 18.9 Å². The molecule has 1 aliphatic heterocycles. The van der Waals surface area contributed by atoms with Gasteiger partial charge in [-0.2, -0.15) is 18.3 Å². The molecule has 1 N–H and O–H groups in total. The number of quaternary nitrogens is 1. The monoisotopic (exact) mass is 761 g/mol. The average Bonchev–Trinajstić information content (AvgIpc) is 3.70. The lowest BCUT2D eigenvalue weighted by molar-refractivity contribution is -0.898. The molecule has 3 aromatic carbocycles. The van der Waals surface area contributed by atoms with Gasteiger partial charge in [0.15, 0.2) is 5.69 Å². The average molecular weight is 762 g/mol. The maximum absolute atomic E-state index is 14.0. The Hall–Kier alpha value is -5.50. The second kappa shape index (κ2) is 14.4. The predicted molar refractivity (Wildman–Crippen MR) is 193 cm³/mol. The summed E-state index contributed by atoms with van der Waals surface area (Å²) < 4.78 is 76.3. The number of alkyl halides is 3. The first-order valence-corrected chi connectivity index (χ1v) is 18.5. The van der Waals surface area contributed by atoms with Gasteiger partial charge in [0.05, 0.1) is 73.2 Å². The molecule has 1 spiro atoms. The summed E-state index contributed by atoms with van der Waals surface area (Å²) in [5.74, 6) is 0. The van der Waals surface area contributed by atoms with Gasteiger partial charge in [-0.15, -0.1) is 0 Å². The number of hydrogen-bond acceptors (Lipinski definition) is 6. The first kappa shape index (κ1) is 38.2. The van der Waals surface area contributed by atoms with Crippen molar-refractivity contribution in [2.45, 2.75) is 49.7 Å². The minimum Gasteiger partial charge on any atom is -0.744 e. The zero-order valence-corrected chi connectivity index (χ0v) is 30.6. The number of amides is 1. The van der Waals surface area contributed by atoms with Crippen LogP contribution in [0.15, 0.2) is 101 Å². The highest BCUT2D eigenvalue weighted by molar-refractivity contribution is 7.85. The van der Waals surface area contributed by atoms with Gasteiger partial charge in [0.1, 0.15) is 15.8 Å². The zero-order valence-electron chi connectivity index (χ0n) is 29.7. The number of likely N-dealkylation sites (tertiary alicyclic amines) is 1. The normalized spacial score (nSPS) is 16.5. The van der Waals surface area contributed by atoms with E-state index >= 15 is 0 Å². The maximum Gasteiger partial charge on any atom is 0.416 e. The molecule has 12 nitrogen and oxygen atoms in total. The molecule has 0 atom stereocenters. The van der Waals surface area contributed by atoms with Gasteiger partial charge >= 0.3 is 17.9 Å². The lowest BCUT2D eigenvalue weighted by Gasteiger charge is -2.53. The summed E-state index contributed by atoms with van der Waals surface area (Å²) in [5.41, 5.74) is 0.405. The van der Waals surface area contributed by atoms with Crippen LogP contribution in [0.2, 0.25) is 0 Å². The van der Waals surface area contributed by atoms with Crippen LogP contribution in [-0.2, 0) is 16.3 Å². The van der Waals surface area contributed by atoms with Crippen molar-refractivity contribution in [3.8, 4) is 22.8 Å². The number of hydrogen-bond donors (Lipinski definition) is 1. The fraction of sp³-hybridized carbons (Fsp3) is 0.316. The molecule has 3 heterocycles. The minimum absolute atomic E-state index is 0.00635. The van der Waals surface area contributed by atoms with Crippen molar-refractivity contribution in [2.24, 2.45) is 5.41 Å². The summed E-state index contributed by atoms with van der Waals surface area (Å²) in [6.45, 7) is 11.0. The molecule has 1 saturated heterocycles. The fourth-order valence-corrected chi connectivity index (χ4v) is 7.71. The summed E-state index contributed by atoms with van der Waals surface area (Å²) in [6.07, 6.45) is 0.704. The highest BCUT2D eigenvalue weighted by Gasteiger charge is 2.49. The Morgan fingerprint density at radius 3 is 2.20 bits per heavy atom. The highest BCUT2D eigenvalue weighted by atomic mass is 32.2. The van der Waals surface area contributed by atoms with Crippen LogP contribution in [-0.4, -0.2) is 75.6 Å². The number of carbonyl (C=O) groups is 1. The molecule has 5 aromatic rings. The molecule has 2 fully saturated rings. The van der Waals surface area contributed by atoms with Gasteiger partial charge in [0.25, 0.3) is 0 Å². The molecule has 1 amide bonds. The van der Waals surface area contributed by atoms with Gasteiger partial charge in [-0.05, 0) is 73.7 Å². The second-order valence-electron chi connectivity index (χ2n) is 14.4. The molecule has 54 heavy (non-hydrogen) atoms. The van der Waals surface area contributed by atoms with Crippen molar-refractivity contribution in [1.29, 1.82) is 0 Å². The van der Waals surface area contributed by atoms with Gasteiger partial charge in [0.2, 0.25) is 0 Å². The highest BCUT2D eigenvalue weighted by Crippen LogP contribution is 2.49. The molecule has 2 aliphatic rings. The first-order valence-electron chi connectivity index (χ1n) is 17.1. The number of imidazole rings is 1. The number of aromatic nitrogens is 4. The van der Waals surface area contributed by atoms with E-state index in [1.807, 2.05) is 0 Å². The Balaban J connectivity index is 0.000000432. The summed E-state index contributed by atoms with van der Waals surface area (Å²) in [4.78, 5) is 31.1. The molecule has 16 heteroatoms. The minimum atomic E-state index is -4.61. The number of benzene rings is 3. The third-order valence-electron chi connectivity index (χ3n) is 10.2. The number of rotatable bonds is 5. The van der Waals surface area contributed by atoms with Gasteiger partial charge in [-0.25, -0.2) is 32.1 Å². The Morgan fingerprint density at radius 2 is 1.63 bits per heavy atom. The maximum atomic E-state index is 14.0. The van der Waals surface area contributed by atoms with Crippen molar-refractivity contribution in [3.63, 3.8) is 0 Å². The number of carbonyl (C=O) groups excluding carboxylic acids is 1. The van der Waals surface area contributed by atoms with Crippen LogP contribution in [0.1, 0.15) is 36.9 Å². The smallest absolute Gasteiger partial charge is 0.416 e. The van der Waals surface area contributed by atoms with E-state index in [2.05, 4.69) is 29.4 Å². The van der Waals surface area contributed by atoms with Crippen LogP contribution in [0.4, 0.5) is 23.7 Å². The zero-order chi connectivity index (χ0) is 39.1. The lowest BCUT2D eigenvalue weighted by atomic mass is 9.60. The van der Waals surface area contributed by atoms with Crippen LogP contribution in [0.3, 0.4) is 0 Å². The van der Waals surface area contributed by atoms with Gasteiger partial charge < -0.3 is 14.4 Å². The van der Waals surface area contributed by atoms with E-state index in [0.717, 1.165) is 64.5 Å². The molecule has 0 unspecified atom stereocenters. The lowest BCUT2D eigenvalue weighted by Crippen LogP contribution is -2.58. The van der Waals surface area contributed by atoms with Gasteiger partial charge in [-0.3, -0.25) is 4.57 Å². The topological polar surface area (TPSA) is 135 Å². The Labute approximate surface area is 310 Å². The standard InChI is InChI=1S/C32H32F3N7O2.C6H6O3S/c1-21-28(27-12-15-37-41(27)25-10-8-23(36-2)9-11-25)40(30(44)39(21)26-7-5-6-22(18-26)32(33,34)35)29(43)38-24-19-31(20-24)13-16-42(3,4)17-14-31;7-10(8,9)6-4-2-1-3-5-6/h5-12,15,18,24H,13-14,16-17,19-20H2,1,3-4H3;1-5H,(H,7,8,9). The molecule has 282 valence electrons. The molecular formula is C38H38F3N7O5S. The molecule has 7 rings (SSSR count). The fourth-order valence-electron chi connectivity index (χ4n) is 7.22. The van der Waals surface area contributed by atoms with Gasteiger partial charge in [-0.1, -0.05) is 36.4 Å². The number of nitrogens with zero attached hydrogens (tertiary/aromatic N) is 6. The van der Waals surface area contributed by atoms with E-state index in [0.29, 0.717) is 17.1 Å². The largest absolute Gasteiger partial charge is 0.744 e. The second-order valence-corrected chi connectivity index (χ2v) is 15.8. The van der Waals surface area contributed by atoms with Crippen molar-refractivity contribution in [3.05, 3.63) is 124 Å². The Morgan fingerprint density at radius 1 is 0.981 bits per heavy atom. The first-order chi connectivity index (χ1) is 25.4. The van der Waals surface area contributed by atoms with E-state index in [4.69, 9.17) is 6.57 Å². The molecule has 1 aliphatic carbocycles. The molecule has 0 radical (unpaired) electrons.